The Kier molecular flexibility index (Phi) is 5.24. The number of aromatic nitrogens is 1. The lowest BCUT2D eigenvalue weighted by Crippen LogP contribution is -2.17. The van der Waals surface area contributed by atoms with E-state index < -0.39 is 18.0 Å². The number of carbonyl (C=O) groups is 1. The Bertz CT molecular complexity index is 1250. The summed E-state index contributed by atoms with van der Waals surface area (Å²) in [5, 5.41) is 3.18. The highest BCUT2D eigenvalue weighted by molar-refractivity contribution is 7.21. The largest absolute Gasteiger partial charge is 0.573 e. The van der Waals surface area contributed by atoms with Gasteiger partial charge in [0.2, 0.25) is 0 Å². The predicted octanol–water partition coefficient (Wildman–Crippen LogP) is 5.84. The molecule has 0 aliphatic carbocycles. The van der Waals surface area contributed by atoms with Crippen LogP contribution in [0.1, 0.15) is 9.67 Å². The van der Waals surface area contributed by atoms with E-state index in [0.717, 1.165) is 23.5 Å². The van der Waals surface area contributed by atoms with E-state index in [4.69, 9.17) is 5.73 Å². The van der Waals surface area contributed by atoms with Crippen molar-refractivity contribution in [2.75, 3.05) is 11.1 Å². The SMILES string of the molecule is Nc1c(C(=O)Nc2ccc(OC(F)(F)F)cc2)sc2nc(-c3ccc(F)cc3)ccc12. The third kappa shape index (κ3) is 4.58. The third-order valence-electron chi connectivity index (χ3n) is 4.29. The molecule has 4 rings (SSSR count). The van der Waals surface area contributed by atoms with Gasteiger partial charge in [-0.25, -0.2) is 9.37 Å². The molecule has 10 heteroatoms. The number of rotatable bonds is 4. The summed E-state index contributed by atoms with van der Waals surface area (Å²) in [5.74, 6) is -1.28. The molecule has 4 aromatic rings. The predicted molar refractivity (Wildman–Crippen MR) is 111 cm³/mol. The lowest BCUT2D eigenvalue weighted by Gasteiger charge is -2.09. The molecule has 0 aliphatic rings. The van der Waals surface area contributed by atoms with Gasteiger partial charge in [0.25, 0.3) is 5.91 Å². The minimum atomic E-state index is -4.80. The molecule has 0 radical (unpaired) electrons. The van der Waals surface area contributed by atoms with Gasteiger partial charge in [-0.3, -0.25) is 4.79 Å². The molecule has 158 valence electrons. The quantitative estimate of drug-likeness (QED) is 0.386. The van der Waals surface area contributed by atoms with Crippen LogP contribution in [0.3, 0.4) is 0 Å². The van der Waals surface area contributed by atoms with Crippen LogP contribution in [-0.4, -0.2) is 17.3 Å². The fourth-order valence-corrected chi connectivity index (χ4v) is 3.86. The molecule has 0 fully saturated rings. The van der Waals surface area contributed by atoms with E-state index in [1.165, 1.54) is 24.3 Å². The Morgan fingerprint density at radius 2 is 1.68 bits per heavy atom. The second kappa shape index (κ2) is 7.88. The number of alkyl halides is 3. The van der Waals surface area contributed by atoms with E-state index in [1.807, 2.05) is 0 Å². The van der Waals surface area contributed by atoms with Crippen molar-refractivity contribution in [2.24, 2.45) is 0 Å². The van der Waals surface area contributed by atoms with Crippen molar-refractivity contribution >= 4 is 38.8 Å². The van der Waals surface area contributed by atoms with Crippen LogP contribution in [-0.2, 0) is 0 Å². The average Bonchev–Trinajstić information content (AvgIpc) is 3.05. The normalized spacial score (nSPS) is 11.5. The first kappa shape index (κ1) is 20.6. The Morgan fingerprint density at radius 3 is 2.32 bits per heavy atom. The van der Waals surface area contributed by atoms with Crippen molar-refractivity contribution < 1.29 is 27.1 Å². The van der Waals surface area contributed by atoms with Gasteiger partial charge in [0.15, 0.2) is 0 Å². The highest BCUT2D eigenvalue weighted by atomic mass is 32.1. The van der Waals surface area contributed by atoms with Crippen molar-refractivity contribution in [1.82, 2.24) is 4.98 Å². The molecule has 0 aliphatic heterocycles. The molecule has 2 aromatic carbocycles. The number of hydrogen-bond donors (Lipinski definition) is 2. The zero-order valence-electron chi connectivity index (χ0n) is 15.5. The molecule has 31 heavy (non-hydrogen) atoms. The minimum absolute atomic E-state index is 0.217. The number of nitrogen functional groups attached to an aromatic ring is 1. The van der Waals surface area contributed by atoms with Crippen LogP contribution >= 0.6 is 11.3 Å². The topological polar surface area (TPSA) is 77.2 Å². The van der Waals surface area contributed by atoms with E-state index in [9.17, 15) is 22.4 Å². The minimum Gasteiger partial charge on any atom is -0.406 e. The number of thiophene rings is 1. The number of benzene rings is 2. The molecule has 0 saturated carbocycles. The van der Waals surface area contributed by atoms with Gasteiger partial charge in [0.1, 0.15) is 21.3 Å². The zero-order chi connectivity index (χ0) is 22.2. The van der Waals surface area contributed by atoms with Crippen LogP contribution in [0.15, 0.2) is 60.7 Å². The van der Waals surface area contributed by atoms with Crippen LogP contribution in [0.4, 0.5) is 28.9 Å². The van der Waals surface area contributed by atoms with Crippen molar-refractivity contribution in [3.63, 3.8) is 0 Å². The zero-order valence-corrected chi connectivity index (χ0v) is 16.4. The molecule has 0 spiro atoms. The lowest BCUT2D eigenvalue weighted by molar-refractivity contribution is -0.274. The Morgan fingerprint density at radius 1 is 1.00 bits per heavy atom. The van der Waals surface area contributed by atoms with E-state index in [-0.39, 0.29) is 22.1 Å². The van der Waals surface area contributed by atoms with Gasteiger partial charge in [0.05, 0.1) is 11.4 Å². The fraction of sp³-hybridized carbons (Fsp3) is 0.0476. The number of nitrogens with zero attached hydrogens (tertiary/aromatic N) is 1. The van der Waals surface area contributed by atoms with Crippen LogP contribution in [0.25, 0.3) is 21.5 Å². The molecule has 0 atom stereocenters. The second-order valence-electron chi connectivity index (χ2n) is 6.43. The van der Waals surface area contributed by atoms with Gasteiger partial charge in [-0.1, -0.05) is 0 Å². The summed E-state index contributed by atoms with van der Waals surface area (Å²) in [5.41, 5.74) is 7.94. The van der Waals surface area contributed by atoms with Crippen molar-refractivity contribution in [1.29, 1.82) is 0 Å². The molecule has 0 unspecified atom stereocenters. The molecule has 2 aromatic heterocycles. The van der Waals surface area contributed by atoms with E-state index in [2.05, 4.69) is 15.0 Å². The summed E-state index contributed by atoms with van der Waals surface area (Å²) < 4.78 is 53.7. The first-order valence-electron chi connectivity index (χ1n) is 8.82. The van der Waals surface area contributed by atoms with Gasteiger partial charge >= 0.3 is 6.36 Å². The Labute approximate surface area is 177 Å². The molecule has 0 bridgehead atoms. The third-order valence-corrected chi connectivity index (χ3v) is 5.40. The maximum atomic E-state index is 13.1. The van der Waals surface area contributed by atoms with Crippen LogP contribution in [0.5, 0.6) is 5.75 Å². The first-order chi connectivity index (χ1) is 14.7. The van der Waals surface area contributed by atoms with Gasteiger partial charge in [0, 0.05) is 16.6 Å². The van der Waals surface area contributed by atoms with E-state index in [1.54, 1.807) is 24.3 Å². The second-order valence-corrected chi connectivity index (χ2v) is 7.43. The highest BCUT2D eigenvalue weighted by Gasteiger charge is 2.31. The van der Waals surface area contributed by atoms with E-state index in [0.29, 0.717) is 21.5 Å². The van der Waals surface area contributed by atoms with Crippen molar-refractivity contribution in [3.8, 4) is 17.0 Å². The number of anilines is 2. The molecule has 0 saturated heterocycles. The summed E-state index contributed by atoms with van der Waals surface area (Å²) in [6, 6.07) is 14.1. The standard InChI is InChI=1S/C21H13F4N3O2S/c22-12-3-1-11(2-4-12)16-10-9-15-17(26)18(31-20(15)28-16)19(29)27-13-5-7-14(8-6-13)30-21(23,24)25/h1-10H,26H2,(H,27,29). The number of pyridine rings is 1. The summed E-state index contributed by atoms with van der Waals surface area (Å²) in [7, 11) is 0. The van der Waals surface area contributed by atoms with E-state index >= 15 is 0 Å². The Balaban J connectivity index is 1.56. The number of ether oxygens (including phenoxy) is 1. The van der Waals surface area contributed by atoms with Gasteiger partial charge in [-0.05, 0) is 60.7 Å². The summed E-state index contributed by atoms with van der Waals surface area (Å²) in [4.78, 5) is 17.9. The fourth-order valence-electron chi connectivity index (χ4n) is 2.88. The van der Waals surface area contributed by atoms with Crippen molar-refractivity contribution in [2.45, 2.75) is 6.36 Å². The molecule has 2 heterocycles. The van der Waals surface area contributed by atoms with Crippen LogP contribution in [0, 0.1) is 5.82 Å². The number of nitrogens with two attached hydrogens (primary N) is 1. The van der Waals surface area contributed by atoms with Gasteiger partial charge in [-0.15, -0.1) is 24.5 Å². The number of hydrogen-bond acceptors (Lipinski definition) is 5. The average molecular weight is 447 g/mol. The van der Waals surface area contributed by atoms with Gasteiger partial charge < -0.3 is 15.8 Å². The number of carbonyl (C=O) groups excluding carboxylic acids is 1. The summed E-state index contributed by atoms with van der Waals surface area (Å²) in [6.45, 7) is 0. The smallest absolute Gasteiger partial charge is 0.406 e. The number of amides is 1. The molecule has 3 N–H and O–H groups in total. The maximum absolute atomic E-state index is 13.1. The molecule has 5 nitrogen and oxygen atoms in total. The van der Waals surface area contributed by atoms with Crippen LogP contribution in [0.2, 0.25) is 0 Å². The number of fused-ring (bicyclic) bond motifs is 1. The first-order valence-corrected chi connectivity index (χ1v) is 9.63. The molecular formula is C21H13F4N3O2S. The summed E-state index contributed by atoms with van der Waals surface area (Å²) >= 11 is 1.08. The molecule has 1 amide bonds. The maximum Gasteiger partial charge on any atom is 0.573 e. The molecular weight excluding hydrogens is 434 g/mol. The lowest BCUT2D eigenvalue weighted by atomic mass is 10.1. The highest BCUT2D eigenvalue weighted by Crippen LogP contribution is 2.35. The monoisotopic (exact) mass is 447 g/mol. The number of nitrogens with one attached hydrogen (secondary N) is 1. The van der Waals surface area contributed by atoms with Crippen molar-refractivity contribution in [3.05, 3.63) is 71.4 Å². The van der Waals surface area contributed by atoms with Gasteiger partial charge in [-0.2, -0.15) is 0 Å². The number of halogens is 4. The summed E-state index contributed by atoms with van der Waals surface area (Å²) in [6.07, 6.45) is -4.80. The Hall–Kier alpha value is -3.66. The van der Waals surface area contributed by atoms with Crippen LogP contribution < -0.4 is 15.8 Å².